The zero-order valence-electron chi connectivity index (χ0n) is 17.7. The van der Waals surface area contributed by atoms with Gasteiger partial charge in [0.15, 0.2) is 9.84 Å². The van der Waals surface area contributed by atoms with E-state index in [1.165, 1.54) is 27.8 Å². The second-order valence-corrected chi connectivity index (χ2v) is 10.5. The maximum atomic E-state index is 12.9. The SMILES string of the molecule is C=C(C)N(O)C(=O)C[C@@H](CC(C)C)C(=O)NC(C(=O)NC)C(C)(C)S(C)(=O)=O. The normalized spacial score (nSPS) is 14.2. The van der Waals surface area contributed by atoms with E-state index in [2.05, 4.69) is 17.2 Å². The highest BCUT2D eigenvalue weighted by molar-refractivity contribution is 7.92. The summed E-state index contributed by atoms with van der Waals surface area (Å²) in [5, 5.41) is 14.9. The molecule has 2 atom stereocenters. The maximum absolute atomic E-state index is 12.9. The lowest BCUT2D eigenvalue weighted by atomic mass is 9.91. The van der Waals surface area contributed by atoms with Crippen molar-refractivity contribution in [2.45, 2.75) is 58.2 Å². The van der Waals surface area contributed by atoms with Crippen LogP contribution in [0.2, 0.25) is 0 Å². The van der Waals surface area contributed by atoms with Gasteiger partial charge in [-0.3, -0.25) is 19.6 Å². The van der Waals surface area contributed by atoms with Gasteiger partial charge in [-0.05, 0) is 33.1 Å². The first-order valence-corrected chi connectivity index (χ1v) is 10.8. The largest absolute Gasteiger partial charge is 0.357 e. The molecule has 0 bridgehead atoms. The van der Waals surface area contributed by atoms with E-state index in [0.717, 1.165) is 6.26 Å². The fourth-order valence-electron chi connectivity index (χ4n) is 2.54. The molecule has 0 aromatic carbocycles. The number of nitrogens with one attached hydrogen (secondary N) is 2. The standard InChI is InChI=1S/C18H33N3O6S/c1-11(2)9-13(10-14(22)21(25)12(3)4)16(23)20-15(17(24)19-7)18(5,6)28(8,26)27/h11,13,15,25H,3,9-10H2,1-2,4-8H3,(H,19,24)(H,20,23)/t13-,15?/m1/s1. The molecule has 0 saturated carbocycles. The molecule has 0 fully saturated rings. The fourth-order valence-corrected chi connectivity index (χ4v) is 3.13. The number of carbonyl (C=O) groups is 3. The van der Waals surface area contributed by atoms with Gasteiger partial charge in [-0.25, -0.2) is 8.42 Å². The van der Waals surface area contributed by atoms with Gasteiger partial charge in [0.05, 0.1) is 4.75 Å². The minimum Gasteiger partial charge on any atom is -0.357 e. The third-order valence-corrected chi connectivity index (χ3v) is 6.74. The van der Waals surface area contributed by atoms with Crippen LogP contribution in [0.5, 0.6) is 0 Å². The minimum absolute atomic E-state index is 0.0434. The Labute approximate surface area is 167 Å². The Balaban J connectivity index is 5.74. The van der Waals surface area contributed by atoms with Crippen molar-refractivity contribution in [2.75, 3.05) is 13.3 Å². The van der Waals surface area contributed by atoms with Crippen molar-refractivity contribution in [1.82, 2.24) is 15.7 Å². The van der Waals surface area contributed by atoms with Gasteiger partial charge >= 0.3 is 0 Å². The molecule has 3 amide bonds. The number of rotatable bonds is 10. The van der Waals surface area contributed by atoms with Crippen LogP contribution >= 0.6 is 0 Å². The molecule has 9 nitrogen and oxygen atoms in total. The number of hydrogen-bond donors (Lipinski definition) is 3. The number of allylic oxidation sites excluding steroid dienone is 1. The van der Waals surface area contributed by atoms with Gasteiger partial charge in [0, 0.05) is 31.3 Å². The molecule has 1 unspecified atom stereocenters. The summed E-state index contributed by atoms with van der Waals surface area (Å²) in [6.45, 7) is 11.3. The van der Waals surface area contributed by atoms with Gasteiger partial charge in [0.25, 0.3) is 5.91 Å². The summed E-state index contributed by atoms with van der Waals surface area (Å²) in [7, 11) is -2.36. The summed E-state index contributed by atoms with van der Waals surface area (Å²) in [5.41, 5.74) is 0.107. The summed E-state index contributed by atoms with van der Waals surface area (Å²) in [4.78, 5) is 37.3. The molecule has 3 N–H and O–H groups in total. The molecule has 0 aromatic heterocycles. The van der Waals surface area contributed by atoms with Crippen LogP contribution in [-0.4, -0.2) is 60.5 Å². The van der Waals surface area contributed by atoms with E-state index in [4.69, 9.17) is 0 Å². The van der Waals surface area contributed by atoms with Crippen LogP contribution in [-0.2, 0) is 24.2 Å². The first-order chi connectivity index (χ1) is 12.6. The summed E-state index contributed by atoms with van der Waals surface area (Å²) in [6, 6.07) is -1.35. The minimum atomic E-state index is -3.70. The molecule has 0 rings (SSSR count). The van der Waals surface area contributed by atoms with Crippen molar-refractivity contribution in [3.63, 3.8) is 0 Å². The van der Waals surface area contributed by atoms with Crippen LogP contribution in [0.25, 0.3) is 0 Å². The van der Waals surface area contributed by atoms with Crippen LogP contribution in [0, 0.1) is 11.8 Å². The third kappa shape index (κ3) is 6.90. The van der Waals surface area contributed by atoms with E-state index >= 15 is 0 Å². The molecule has 0 aliphatic heterocycles. The molecule has 0 aliphatic rings. The average molecular weight is 420 g/mol. The van der Waals surface area contributed by atoms with Crippen molar-refractivity contribution in [3.8, 4) is 0 Å². The number of hydroxylamine groups is 2. The Kier molecular flexibility index (Phi) is 9.32. The molecule has 162 valence electrons. The number of carbonyl (C=O) groups excluding carboxylic acids is 3. The van der Waals surface area contributed by atoms with E-state index < -0.39 is 44.3 Å². The van der Waals surface area contributed by atoms with E-state index in [-0.39, 0.29) is 18.0 Å². The maximum Gasteiger partial charge on any atom is 0.251 e. The van der Waals surface area contributed by atoms with Gasteiger partial charge in [0.2, 0.25) is 11.8 Å². The molecule has 28 heavy (non-hydrogen) atoms. The van der Waals surface area contributed by atoms with Crippen LogP contribution in [0.3, 0.4) is 0 Å². The smallest absolute Gasteiger partial charge is 0.251 e. The summed E-state index contributed by atoms with van der Waals surface area (Å²) in [5.74, 6) is -2.83. The fraction of sp³-hybridized carbons (Fsp3) is 0.722. The van der Waals surface area contributed by atoms with Crippen molar-refractivity contribution in [1.29, 1.82) is 0 Å². The average Bonchev–Trinajstić information content (AvgIpc) is 2.55. The zero-order chi connectivity index (χ0) is 22.4. The number of likely N-dealkylation sites (N-methyl/N-ethyl adjacent to an activating group) is 1. The Morgan fingerprint density at radius 1 is 1.18 bits per heavy atom. The quantitative estimate of drug-likeness (QED) is 0.355. The lowest BCUT2D eigenvalue weighted by Gasteiger charge is -2.33. The zero-order valence-corrected chi connectivity index (χ0v) is 18.5. The monoisotopic (exact) mass is 419 g/mol. The summed E-state index contributed by atoms with van der Waals surface area (Å²) < 4.78 is 22.7. The Morgan fingerprint density at radius 2 is 1.68 bits per heavy atom. The second kappa shape index (κ2) is 10.0. The third-order valence-electron chi connectivity index (χ3n) is 4.59. The van der Waals surface area contributed by atoms with Crippen molar-refractivity contribution < 1.29 is 28.0 Å². The van der Waals surface area contributed by atoms with E-state index in [1.807, 2.05) is 13.8 Å². The summed E-state index contributed by atoms with van der Waals surface area (Å²) >= 11 is 0. The van der Waals surface area contributed by atoms with Gasteiger partial charge in [-0.15, -0.1) is 0 Å². The number of sulfone groups is 1. The molecule has 0 heterocycles. The van der Waals surface area contributed by atoms with Gasteiger partial charge in [0.1, 0.15) is 6.04 Å². The van der Waals surface area contributed by atoms with Crippen LogP contribution in [0.1, 0.15) is 47.5 Å². The van der Waals surface area contributed by atoms with Crippen LogP contribution in [0.4, 0.5) is 0 Å². The van der Waals surface area contributed by atoms with E-state index in [1.54, 1.807) is 0 Å². The Morgan fingerprint density at radius 3 is 2.04 bits per heavy atom. The van der Waals surface area contributed by atoms with Gasteiger partial charge in [-0.1, -0.05) is 20.4 Å². The lowest BCUT2D eigenvalue weighted by molar-refractivity contribution is -0.159. The Bertz CT molecular complexity index is 715. The van der Waals surface area contributed by atoms with Crippen molar-refractivity contribution >= 4 is 27.6 Å². The predicted molar refractivity (Wildman–Crippen MR) is 106 cm³/mol. The number of hydrogen-bond acceptors (Lipinski definition) is 6. The van der Waals surface area contributed by atoms with E-state index in [0.29, 0.717) is 11.5 Å². The van der Waals surface area contributed by atoms with Crippen molar-refractivity contribution in [3.05, 3.63) is 12.3 Å². The Hall–Kier alpha value is -1.94. The first-order valence-electron chi connectivity index (χ1n) is 8.95. The van der Waals surface area contributed by atoms with Gasteiger partial charge in [-0.2, -0.15) is 5.06 Å². The summed E-state index contributed by atoms with van der Waals surface area (Å²) in [6.07, 6.45) is 0.981. The molecule has 0 aromatic rings. The molecular formula is C18H33N3O6S. The number of nitrogens with zero attached hydrogens (tertiary/aromatic N) is 1. The predicted octanol–water partition coefficient (Wildman–Crippen LogP) is 0.844. The second-order valence-electron chi connectivity index (χ2n) is 7.90. The highest BCUT2D eigenvalue weighted by atomic mass is 32.2. The van der Waals surface area contributed by atoms with Gasteiger partial charge < -0.3 is 10.6 Å². The molecule has 0 saturated heterocycles. The molecular weight excluding hydrogens is 386 g/mol. The molecule has 0 spiro atoms. The highest BCUT2D eigenvalue weighted by Crippen LogP contribution is 2.23. The topological polar surface area (TPSA) is 133 Å². The van der Waals surface area contributed by atoms with Crippen LogP contribution < -0.4 is 10.6 Å². The lowest BCUT2D eigenvalue weighted by Crippen LogP contribution is -2.61. The van der Waals surface area contributed by atoms with Crippen molar-refractivity contribution in [2.24, 2.45) is 11.8 Å². The first kappa shape index (κ1) is 26.1. The highest BCUT2D eigenvalue weighted by Gasteiger charge is 2.44. The number of amides is 3. The van der Waals surface area contributed by atoms with E-state index in [9.17, 15) is 28.0 Å². The van der Waals surface area contributed by atoms with Crippen LogP contribution in [0.15, 0.2) is 12.3 Å². The molecule has 0 aliphatic carbocycles. The molecule has 10 heteroatoms. The molecule has 0 radical (unpaired) electrons.